The van der Waals surface area contributed by atoms with Crippen LogP contribution in [0.2, 0.25) is 0 Å². The van der Waals surface area contributed by atoms with E-state index in [1.807, 2.05) is 11.5 Å². The maximum absolute atomic E-state index is 13.3. The molecule has 1 aliphatic rings. The largest absolute Gasteiger partial charge is 0.352 e. The van der Waals surface area contributed by atoms with Crippen LogP contribution in [0.1, 0.15) is 0 Å². The number of nitrogens with one attached hydrogen (secondary N) is 1. The number of hydrogen-bond donors (Lipinski definition) is 2. The molecule has 0 amide bonds. The summed E-state index contributed by atoms with van der Waals surface area (Å²) < 4.78 is 26.4. The SMILES string of the molecule is N=C/C(=C\[NH2+]c1ccc(F)cc1)CN1CCN(c2nccnc2-c2ccc(F)cc2)CC1. The molecule has 0 saturated carbocycles. The van der Waals surface area contributed by atoms with Crippen LogP contribution in [-0.4, -0.2) is 53.8 Å². The number of piperazine rings is 1. The average molecular weight is 436 g/mol. The van der Waals surface area contributed by atoms with Crippen LogP contribution in [-0.2, 0) is 0 Å². The van der Waals surface area contributed by atoms with Crippen molar-refractivity contribution in [3.05, 3.63) is 84.3 Å². The average Bonchev–Trinajstić information content (AvgIpc) is 2.84. The molecular formula is C24H25F2N6+. The van der Waals surface area contributed by atoms with E-state index in [-0.39, 0.29) is 11.6 Å². The van der Waals surface area contributed by atoms with Crippen molar-refractivity contribution in [2.75, 3.05) is 37.6 Å². The van der Waals surface area contributed by atoms with Gasteiger partial charge in [-0.2, -0.15) is 0 Å². The highest BCUT2D eigenvalue weighted by Gasteiger charge is 2.22. The molecule has 1 aliphatic heterocycles. The molecule has 0 aliphatic carbocycles. The van der Waals surface area contributed by atoms with Gasteiger partial charge in [-0.15, -0.1) is 0 Å². The molecule has 1 fully saturated rings. The van der Waals surface area contributed by atoms with Crippen molar-refractivity contribution in [1.29, 1.82) is 5.41 Å². The van der Waals surface area contributed by atoms with Crippen LogP contribution >= 0.6 is 0 Å². The first-order valence-electron chi connectivity index (χ1n) is 10.5. The summed E-state index contributed by atoms with van der Waals surface area (Å²) in [7, 11) is 0. The molecule has 1 saturated heterocycles. The number of quaternary nitrogens is 1. The Hall–Kier alpha value is -3.49. The quantitative estimate of drug-likeness (QED) is 0.442. The van der Waals surface area contributed by atoms with Crippen LogP contribution in [0.5, 0.6) is 0 Å². The van der Waals surface area contributed by atoms with Gasteiger partial charge in [0.15, 0.2) is 5.82 Å². The van der Waals surface area contributed by atoms with Gasteiger partial charge in [0.2, 0.25) is 0 Å². The van der Waals surface area contributed by atoms with Crippen molar-refractivity contribution in [2.45, 2.75) is 0 Å². The zero-order valence-electron chi connectivity index (χ0n) is 17.6. The fourth-order valence-electron chi connectivity index (χ4n) is 3.67. The summed E-state index contributed by atoms with van der Waals surface area (Å²) in [5.74, 6) is 0.257. The molecule has 0 unspecified atom stereocenters. The lowest BCUT2D eigenvalue weighted by molar-refractivity contribution is -0.497. The number of halogens is 2. The molecule has 0 bridgehead atoms. The molecule has 0 spiro atoms. The number of rotatable bonds is 7. The molecule has 6 nitrogen and oxygen atoms in total. The smallest absolute Gasteiger partial charge is 0.155 e. The van der Waals surface area contributed by atoms with E-state index >= 15 is 0 Å². The zero-order valence-corrected chi connectivity index (χ0v) is 17.6. The highest BCUT2D eigenvalue weighted by molar-refractivity contribution is 5.75. The Morgan fingerprint density at radius 3 is 2.19 bits per heavy atom. The van der Waals surface area contributed by atoms with Crippen molar-refractivity contribution in [3.63, 3.8) is 0 Å². The molecule has 3 N–H and O–H groups in total. The number of nitrogens with zero attached hydrogens (tertiary/aromatic N) is 4. The van der Waals surface area contributed by atoms with Gasteiger partial charge in [-0.25, -0.2) is 13.8 Å². The van der Waals surface area contributed by atoms with Gasteiger partial charge in [0.05, 0.1) is 0 Å². The van der Waals surface area contributed by atoms with E-state index in [0.717, 1.165) is 54.5 Å². The third kappa shape index (κ3) is 5.40. The Balaban J connectivity index is 1.38. The third-order valence-electron chi connectivity index (χ3n) is 5.42. The summed E-state index contributed by atoms with van der Waals surface area (Å²) in [4.78, 5) is 13.5. The van der Waals surface area contributed by atoms with Gasteiger partial charge in [-0.05, 0) is 36.4 Å². The van der Waals surface area contributed by atoms with E-state index in [1.54, 1.807) is 36.7 Å². The number of benzene rings is 2. The predicted molar refractivity (Wildman–Crippen MR) is 121 cm³/mol. The van der Waals surface area contributed by atoms with Gasteiger partial charge < -0.3 is 10.3 Å². The van der Waals surface area contributed by atoms with Gasteiger partial charge >= 0.3 is 0 Å². The normalized spacial score (nSPS) is 15.1. The highest BCUT2D eigenvalue weighted by atomic mass is 19.1. The zero-order chi connectivity index (χ0) is 22.3. The lowest BCUT2D eigenvalue weighted by atomic mass is 10.1. The lowest BCUT2D eigenvalue weighted by Crippen LogP contribution is -2.71. The molecule has 2 heterocycles. The lowest BCUT2D eigenvalue weighted by Gasteiger charge is -2.35. The molecule has 1 aromatic heterocycles. The van der Waals surface area contributed by atoms with E-state index in [4.69, 9.17) is 5.41 Å². The Kier molecular flexibility index (Phi) is 6.94. The van der Waals surface area contributed by atoms with Crippen LogP contribution in [0.3, 0.4) is 0 Å². The second-order valence-corrected chi connectivity index (χ2v) is 7.60. The first kappa shape index (κ1) is 21.7. The second-order valence-electron chi connectivity index (χ2n) is 7.60. The number of hydrogen-bond acceptors (Lipinski definition) is 5. The minimum Gasteiger partial charge on any atom is -0.352 e. The maximum Gasteiger partial charge on any atom is 0.155 e. The minimum atomic E-state index is -0.278. The Morgan fingerprint density at radius 2 is 1.53 bits per heavy atom. The van der Waals surface area contributed by atoms with Gasteiger partial charge in [0.25, 0.3) is 0 Å². The first-order valence-corrected chi connectivity index (χ1v) is 10.5. The number of nitrogens with two attached hydrogens (primary N) is 1. The third-order valence-corrected chi connectivity index (χ3v) is 5.42. The van der Waals surface area contributed by atoms with Crippen LogP contribution in [0, 0.1) is 17.0 Å². The van der Waals surface area contributed by atoms with E-state index in [9.17, 15) is 8.78 Å². The summed E-state index contributed by atoms with van der Waals surface area (Å²) in [5.41, 5.74) is 3.36. The van der Waals surface area contributed by atoms with Crippen LogP contribution in [0.15, 0.2) is 72.7 Å². The molecule has 0 radical (unpaired) electrons. The predicted octanol–water partition coefficient (Wildman–Crippen LogP) is 2.97. The van der Waals surface area contributed by atoms with Crippen molar-refractivity contribution in [3.8, 4) is 11.3 Å². The van der Waals surface area contributed by atoms with E-state index in [1.165, 1.54) is 30.5 Å². The van der Waals surface area contributed by atoms with Gasteiger partial charge in [-0.3, -0.25) is 15.2 Å². The minimum absolute atomic E-state index is 0.262. The summed E-state index contributed by atoms with van der Waals surface area (Å²) >= 11 is 0. The fourth-order valence-corrected chi connectivity index (χ4v) is 3.67. The molecule has 164 valence electrons. The molecule has 2 aromatic carbocycles. The molecule has 0 atom stereocenters. The standard InChI is InChI=1S/C24H24F2N6/c25-20-3-1-19(2-4-20)23-24(29-10-9-28-23)32-13-11-31(12-14-32)17-18(15-27)16-30-22-7-5-21(26)6-8-22/h1-10,15-16,27,30H,11-14,17H2/p+1/b18-16+,27-15?. The molecule has 8 heteroatoms. The molecule has 3 aromatic rings. The maximum atomic E-state index is 13.3. The summed E-state index contributed by atoms with van der Waals surface area (Å²) in [6.07, 6.45) is 6.59. The van der Waals surface area contributed by atoms with Crippen LogP contribution in [0.4, 0.5) is 20.3 Å². The molecule has 4 rings (SSSR count). The second kappa shape index (κ2) is 10.2. The van der Waals surface area contributed by atoms with E-state index < -0.39 is 0 Å². The van der Waals surface area contributed by atoms with Crippen molar-refractivity contribution < 1.29 is 14.1 Å². The fraction of sp³-hybridized carbons (Fsp3) is 0.208. The summed E-state index contributed by atoms with van der Waals surface area (Å²) in [5, 5.41) is 9.63. The van der Waals surface area contributed by atoms with Crippen LogP contribution < -0.4 is 10.2 Å². The molecule has 32 heavy (non-hydrogen) atoms. The van der Waals surface area contributed by atoms with Gasteiger partial charge in [-0.1, -0.05) is 0 Å². The summed E-state index contributed by atoms with van der Waals surface area (Å²) in [6, 6.07) is 12.6. The number of aromatic nitrogens is 2. The molecular weight excluding hydrogens is 410 g/mol. The van der Waals surface area contributed by atoms with E-state index in [0.29, 0.717) is 6.54 Å². The monoisotopic (exact) mass is 435 g/mol. The Labute approximate surface area is 185 Å². The topological polar surface area (TPSA) is 72.7 Å². The number of anilines is 1. The first-order chi connectivity index (χ1) is 15.6. The Morgan fingerprint density at radius 1 is 0.906 bits per heavy atom. The van der Waals surface area contributed by atoms with E-state index in [2.05, 4.69) is 19.8 Å². The van der Waals surface area contributed by atoms with Gasteiger partial charge in [0.1, 0.15) is 29.2 Å². The summed E-state index contributed by atoms with van der Waals surface area (Å²) in [6.45, 7) is 3.86. The van der Waals surface area contributed by atoms with Crippen molar-refractivity contribution in [1.82, 2.24) is 14.9 Å². The van der Waals surface area contributed by atoms with Crippen molar-refractivity contribution >= 4 is 17.7 Å². The Bertz CT molecular complexity index is 1070. The van der Waals surface area contributed by atoms with Crippen molar-refractivity contribution in [2.24, 2.45) is 0 Å². The highest BCUT2D eigenvalue weighted by Crippen LogP contribution is 2.27. The van der Waals surface area contributed by atoms with Crippen LogP contribution in [0.25, 0.3) is 11.3 Å². The van der Waals surface area contributed by atoms with Gasteiger partial charge in [0, 0.05) is 74.6 Å².